The highest BCUT2D eigenvalue weighted by atomic mass is 16.1. The van der Waals surface area contributed by atoms with E-state index in [-0.39, 0.29) is 11.3 Å². The minimum Gasteiger partial charge on any atom is -0.356 e. The van der Waals surface area contributed by atoms with Gasteiger partial charge in [-0.2, -0.15) is 0 Å². The molecule has 5 heteroatoms. The van der Waals surface area contributed by atoms with E-state index in [9.17, 15) is 4.79 Å². The summed E-state index contributed by atoms with van der Waals surface area (Å²) in [5.41, 5.74) is 0.131. The van der Waals surface area contributed by atoms with E-state index in [1.807, 2.05) is 7.05 Å². The van der Waals surface area contributed by atoms with Crippen molar-refractivity contribution in [2.75, 3.05) is 33.2 Å². The van der Waals surface area contributed by atoms with Crippen molar-refractivity contribution in [1.29, 1.82) is 0 Å². The quantitative estimate of drug-likeness (QED) is 0.615. The van der Waals surface area contributed by atoms with Crippen molar-refractivity contribution in [2.45, 2.75) is 58.3 Å². The lowest BCUT2D eigenvalue weighted by molar-refractivity contribution is -0.119. The molecule has 24 heavy (non-hydrogen) atoms. The number of likely N-dealkylation sites (tertiary alicyclic amines) is 1. The summed E-state index contributed by atoms with van der Waals surface area (Å²) in [5, 5.41) is 6.61. The van der Waals surface area contributed by atoms with Crippen molar-refractivity contribution >= 4 is 11.9 Å². The third kappa shape index (κ3) is 4.22. The van der Waals surface area contributed by atoms with Crippen LogP contribution in [0, 0.1) is 17.3 Å². The van der Waals surface area contributed by atoms with Crippen LogP contribution in [0.15, 0.2) is 4.99 Å². The smallest absolute Gasteiger partial charge is 0.220 e. The lowest BCUT2D eigenvalue weighted by Crippen LogP contribution is -2.51. The highest BCUT2D eigenvalue weighted by Gasteiger charge is 2.42. The van der Waals surface area contributed by atoms with Crippen molar-refractivity contribution < 1.29 is 4.79 Å². The number of guanidine groups is 1. The third-order valence-electron chi connectivity index (χ3n) is 6.25. The summed E-state index contributed by atoms with van der Waals surface area (Å²) in [6, 6.07) is 0. The summed E-state index contributed by atoms with van der Waals surface area (Å²) in [7, 11) is 1.88. The molecule has 0 aromatic rings. The van der Waals surface area contributed by atoms with Gasteiger partial charge in [-0.15, -0.1) is 0 Å². The molecule has 1 aliphatic carbocycles. The highest BCUT2D eigenvalue weighted by Crippen LogP contribution is 2.36. The Morgan fingerprint density at radius 2 is 2.29 bits per heavy atom. The Morgan fingerprint density at radius 1 is 1.42 bits per heavy atom. The van der Waals surface area contributed by atoms with Crippen LogP contribution in [-0.4, -0.2) is 50.0 Å². The first-order valence-electron chi connectivity index (χ1n) is 9.82. The molecule has 3 fully saturated rings. The van der Waals surface area contributed by atoms with Gasteiger partial charge in [0.15, 0.2) is 5.96 Å². The number of aliphatic imine (C=N–C) groups is 1. The Labute approximate surface area is 146 Å². The summed E-state index contributed by atoms with van der Waals surface area (Å²) >= 11 is 0. The Balaban J connectivity index is 1.48. The van der Waals surface area contributed by atoms with E-state index in [2.05, 4.69) is 27.4 Å². The molecule has 0 aromatic heterocycles. The van der Waals surface area contributed by atoms with E-state index < -0.39 is 0 Å². The molecule has 2 N–H and O–H groups in total. The van der Waals surface area contributed by atoms with Crippen LogP contribution in [0.1, 0.15) is 58.3 Å². The van der Waals surface area contributed by atoms with Gasteiger partial charge in [-0.25, -0.2) is 0 Å². The van der Waals surface area contributed by atoms with Gasteiger partial charge in [-0.1, -0.05) is 26.2 Å². The predicted octanol–water partition coefficient (Wildman–Crippen LogP) is 2.38. The molecule has 0 radical (unpaired) electrons. The minimum atomic E-state index is 0.131. The third-order valence-corrected chi connectivity index (χ3v) is 6.25. The van der Waals surface area contributed by atoms with Crippen LogP contribution < -0.4 is 10.6 Å². The molecule has 3 atom stereocenters. The number of nitrogens with one attached hydrogen (secondary N) is 2. The molecule has 1 spiro atoms. The SMILES string of the molecule is CN=C(NCCC1CCCC(C)C1)N1CCCC2(CNC(=O)C2)C1. The maximum Gasteiger partial charge on any atom is 0.220 e. The van der Waals surface area contributed by atoms with Crippen molar-refractivity contribution in [2.24, 2.45) is 22.2 Å². The molecular weight excluding hydrogens is 300 g/mol. The van der Waals surface area contributed by atoms with Crippen LogP contribution in [0.5, 0.6) is 0 Å². The molecule has 1 saturated carbocycles. The van der Waals surface area contributed by atoms with Gasteiger partial charge in [0, 0.05) is 45.1 Å². The second kappa shape index (κ2) is 7.75. The fourth-order valence-corrected chi connectivity index (χ4v) is 4.97. The fourth-order valence-electron chi connectivity index (χ4n) is 4.97. The van der Waals surface area contributed by atoms with E-state index in [0.29, 0.717) is 6.42 Å². The maximum atomic E-state index is 11.7. The Hall–Kier alpha value is -1.26. The Bertz CT molecular complexity index is 478. The van der Waals surface area contributed by atoms with Gasteiger partial charge in [-0.3, -0.25) is 9.79 Å². The average Bonchev–Trinajstić information content (AvgIpc) is 2.92. The molecule has 0 aromatic carbocycles. The van der Waals surface area contributed by atoms with Gasteiger partial charge >= 0.3 is 0 Å². The van der Waals surface area contributed by atoms with E-state index in [0.717, 1.165) is 56.8 Å². The summed E-state index contributed by atoms with van der Waals surface area (Å²) < 4.78 is 0. The molecule has 136 valence electrons. The number of carbonyl (C=O) groups is 1. The second-order valence-electron chi connectivity index (χ2n) is 8.38. The largest absolute Gasteiger partial charge is 0.356 e. The van der Waals surface area contributed by atoms with Crippen LogP contribution in [0.2, 0.25) is 0 Å². The van der Waals surface area contributed by atoms with Crippen LogP contribution in [0.4, 0.5) is 0 Å². The van der Waals surface area contributed by atoms with Crippen molar-refractivity contribution in [1.82, 2.24) is 15.5 Å². The molecule has 3 aliphatic rings. The van der Waals surface area contributed by atoms with Crippen molar-refractivity contribution in [3.8, 4) is 0 Å². The van der Waals surface area contributed by atoms with Gasteiger partial charge in [0.1, 0.15) is 0 Å². The molecule has 2 aliphatic heterocycles. The first kappa shape index (κ1) is 17.6. The van der Waals surface area contributed by atoms with E-state index in [1.54, 1.807) is 0 Å². The number of hydrogen-bond donors (Lipinski definition) is 2. The zero-order valence-corrected chi connectivity index (χ0v) is 15.4. The number of piperidine rings is 1. The van der Waals surface area contributed by atoms with Crippen LogP contribution in [-0.2, 0) is 4.79 Å². The van der Waals surface area contributed by atoms with Gasteiger partial charge in [-0.05, 0) is 37.5 Å². The topological polar surface area (TPSA) is 56.7 Å². The van der Waals surface area contributed by atoms with Crippen molar-refractivity contribution in [3.63, 3.8) is 0 Å². The summed E-state index contributed by atoms with van der Waals surface area (Å²) in [6.45, 7) is 6.24. The molecule has 5 nitrogen and oxygen atoms in total. The second-order valence-corrected chi connectivity index (χ2v) is 8.38. The number of hydrogen-bond acceptors (Lipinski definition) is 2. The monoisotopic (exact) mass is 334 g/mol. The van der Waals surface area contributed by atoms with E-state index in [1.165, 1.54) is 32.1 Å². The molecule has 3 unspecified atom stereocenters. The van der Waals surface area contributed by atoms with Crippen LogP contribution >= 0.6 is 0 Å². The Kier molecular flexibility index (Phi) is 5.67. The number of carbonyl (C=O) groups excluding carboxylic acids is 1. The fraction of sp³-hybridized carbons (Fsp3) is 0.895. The molecule has 2 saturated heterocycles. The highest BCUT2D eigenvalue weighted by molar-refractivity contribution is 5.81. The summed E-state index contributed by atoms with van der Waals surface area (Å²) in [5.74, 6) is 3.02. The minimum absolute atomic E-state index is 0.131. The zero-order valence-electron chi connectivity index (χ0n) is 15.4. The van der Waals surface area contributed by atoms with Gasteiger partial charge < -0.3 is 15.5 Å². The Morgan fingerprint density at radius 3 is 3.00 bits per heavy atom. The predicted molar refractivity (Wildman–Crippen MR) is 98.0 cm³/mol. The summed E-state index contributed by atoms with van der Waals surface area (Å²) in [6.07, 6.45) is 9.83. The van der Waals surface area contributed by atoms with E-state index >= 15 is 0 Å². The first-order chi connectivity index (χ1) is 11.6. The number of amides is 1. The standard InChI is InChI=1S/C19H34N4O/c1-15-5-3-6-16(11-15)7-9-21-18(20-2)23-10-4-8-19(14-23)12-17(24)22-13-19/h15-16H,3-14H2,1-2H3,(H,20,21)(H,22,24). The summed E-state index contributed by atoms with van der Waals surface area (Å²) in [4.78, 5) is 18.5. The maximum absolute atomic E-state index is 11.7. The van der Waals surface area contributed by atoms with Gasteiger partial charge in [0.05, 0.1) is 0 Å². The van der Waals surface area contributed by atoms with Crippen LogP contribution in [0.25, 0.3) is 0 Å². The van der Waals surface area contributed by atoms with E-state index in [4.69, 9.17) is 0 Å². The first-order valence-corrected chi connectivity index (χ1v) is 9.82. The molecule has 1 amide bonds. The lowest BCUT2D eigenvalue weighted by Gasteiger charge is -2.41. The van der Waals surface area contributed by atoms with Crippen molar-refractivity contribution in [3.05, 3.63) is 0 Å². The molecule has 0 bridgehead atoms. The van der Waals surface area contributed by atoms with Crippen LogP contribution in [0.3, 0.4) is 0 Å². The number of nitrogens with zero attached hydrogens (tertiary/aromatic N) is 2. The molecule has 2 heterocycles. The normalized spacial score (nSPS) is 34.5. The molecular formula is C19H34N4O. The zero-order chi connectivity index (χ0) is 17.0. The van der Waals surface area contributed by atoms with Gasteiger partial charge in [0.2, 0.25) is 5.91 Å². The molecule has 3 rings (SSSR count). The lowest BCUT2D eigenvalue weighted by atomic mass is 9.79. The van der Waals surface area contributed by atoms with Gasteiger partial charge in [0.25, 0.3) is 0 Å². The number of rotatable bonds is 3. The average molecular weight is 335 g/mol.